The van der Waals surface area contributed by atoms with Gasteiger partial charge in [-0.25, -0.2) is 19.3 Å². The Balaban J connectivity index is 1.19. The third kappa shape index (κ3) is 6.42. The summed E-state index contributed by atoms with van der Waals surface area (Å²) in [7, 11) is 0. The number of benzene rings is 2. The second-order valence-corrected chi connectivity index (χ2v) is 9.24. The third-order valence-corrected chi connectivity index (χ3v) is 6.73. The summed E-state index contributed by atoms with van der Waals surface area (Å²) in [6.07, 6.45) is 3.54. The molecular formula is C27H33N5O4. The fourth-order valence-electron chi connectivity index (χ4n) is 4.84. The predicted octanol–water partition coefficient (Wildman–Crippen LogP) is 4.73. The maximum absolute atomic E-state index is 12.4. The van der Waals surface area contributed by atoms with Gasteiger partial charge >= 0.3 is 18.2 Å². The molecule has 9 nitrogen and oxygen atoms in total. The number of hydrogen-bond donors (Lipinski definition) is 4. The minimum Gasteiger partial charge on any atom is -0.464 e. The van der Waals surface area contributed by atoms with Gasteiger partial charge in [-0.05, 0) is 81.1 Å². The average Bonchev–Trinajstić information content (AvgIpc) is 2.87. The molecular weight excluding hydrogens is 458 g/mol. The van der Waals surface area contributed by atoms with Crippen LogP contribution in [0.5, 0.6) is 0 Å². The number of urea groups is 2. The van der Waals surface area contributed by atoms with Crippen LogP contribution in [0.1, 0.15) is 49.3 Å². The Hall–Kier alpha value is -3.85. The van der Waals surface area contributed by atoms with Crippen LogP contribution < -0.4 is 16.0 Å². The Kier molecular flexibility index (Phi) is 8.22. The van der Waals surface area contributed by atoms with Crippen LogP contribution in [0.25, 0.3) is 0 Å². The van der Waals surface area contributed by atoms with Crippen LogP contribution in [0.4, 0.5) is 20.1 Å². The summed E-state index contributed by atoms with van der Waals surface area (Å²) in [5.41, 5.74) is 3.09. The quantitative estimate of drug-likeness (QED) is 0.418. The van der Waals surface area contributed by atoms with E-state index < -0.39 is 18.2 Å². The van der Waals surface area contributed by atoms with Gasteiger partial charge in [0.1, 0.15) is 0 Å². The maximum atomic E-state index is 12.4. The molecule has 0 aliphatic carbocycles. The van der Waals surface area contributed by atoms with Crippen molar-refractivity contribution in [3.63, 3.8) is 0 Å². The first-order valence-electron chi connectivity index (χ1n) is 12.3. The van der Waals surface area contributed by atoms with Crippen molar-refractivity contribution in [1.82, 2.24) is 20.4 Å². The molecule has 1 saturated heterocycles. The number of anilines is 1. The van der Waals surface area contributed by atoms with Gasteiger partial charge in [0.15, 0.2) is 0 Å². The molecule has 9 heteroatoms. The van der Waals surface area contributed by atoms with Crippen molar-refractivity contribution in [2.75, 3.05) is 31.5 Å². The number of nitrogens with zero attached hydrogens (tertiary/aromatic N) is 2. The normalized spacial score (nSPS) is 18.8. The van der Waals surface area contributed by atoms with Crippen LogP contribution in [-0.4, -0.2) is 59.2 Å². The van der Waals surface area contributed by atoms with Gasteiger partial charge in [0.05, 0.1) is 6.04 Å². The van der Waals surface area contributed by atoms with Crippen LogP contribution >= 0.6 is 0 Å². The Labute approximate surface area is 211 Å². The smallest absolute Gasteiger partial charge is 0.419 e. The van der Waals surface area contributed by atoms with E-state index in [1.165, 1.54) is 18.4 Å². The molecule has 0 saturated carbocycles. The molecule has 4 N–H and O–H groups in total. The third-order valence-electron chi connectivity index (χ3n) is 6.73. The Bertz CT molecular complexity index is 1110. The summed E-state index contributed by atoms with van der Waals surface area (Å²) in [6, 6.07) is 16.4. The molecule has 2 heterocycles. The molecule has 2 aliphatic rings. The lowest BCUT2D eigenvalue weighted by Crippen LogP contribution is -2.46. The second-order valence-electron chi connectivity index (χ2n) is 9.24. The van der Waals surface area contributed by atoms with E-state index in [0.717, 1.165) is 31.6 Å². The molecule has 36 heavy (non-hydrogen) atoms. The first kappa shape index (κ1) is 25.2. The van der Waals surface area contributed by atoms with E-state index in [1.54, 1.807) is 31.2 Å². The predicted molar refractivity (Wildman–Crippen MR) is 138 cm³/mol. The second kappa shape index (κ2) is 11.7. The number of allylic oxidation sites excluding steroid dienone is 1. The van der Waals surface area contributed by atoms with E-state index in [4.69, 9.17) is 5.11 Å². The molecule has 1 atom stereocenters. The zero-order valence-corrected chi connectivity index (χ0v) is 20.4. The number of piperidine rings is 1. The minimum atomic E-state index is -1.33. The first-order valence-corrected chi connectivity index (χ1v) is 12.3. The minimum absolute atomic E-state index is 0.286. The number of hydrogen-bond acceptors (Lipinski definition) is 4. The summed E-state index contributed by atoms with van der Waals surface area (Å²) in [6.45, 7) is 5.26. The molecule has 0 spiro atoms. The molecule has 0 radical (unpaired) electrons. The van der Waals surface area contributed by atoms with Gasteiger partial charge in [-0.2, -0.15) is 0 Å². The molecule has 1 unspecified atom stereocenters. The van der Waals surface area contributed by atoms with Gasteiger partial charge in [-0.15, -0.1) is 0 Å². The first-order chi connectivity index (χ1) is 17.4. The number of carbonyl (C=O) groups excluding carboxylic acids is 2. The Morgan fingerprint density at radius 3 is 2.47 bits per heavy atom. The number of amides is 5. The molecule has 190 valence electrons. The molecule has 0 bridgehead atoms. The highest BCUT2D eigenvalue weighted by Gasteiger charge is 2.30. The Morgan fingerprint density at radius 2 is 1.78 bits per heavy atom. The van der Waals surface area contributed by atoms with Gasteiger partial charge < -0.3 is 26.0 Å². The zero-order valence-electron chi connectivity index (χ0n) is 20.4. The number of rotatable bonds is 7. The maximum Gasteiger partial charge on any atom is 0.419 e. The van der Waals surface area contributed by atoms with Gasteiger partial charge in [-0.1, -0.05) is 42.5 Å². The molecule has 4 rings (SSSR count). The van der Waals surface area contributed by atoms with E-state index in [9.17, 15) is 14.4 Å². The zero-order chi connectivity index (χ0) is 25.5. The molecule has 5 amide bonds. The Morgan fingerprint density at radius 1 is 1.06 bits per heavy atom. The summed E-state index contributed by atoms with van der Waals surface area (Å²) in [4.78, 5) is 38.9. The lowest BCUT2D eigenvalue weighted by atomic mass is 9.89. The summed E-state index contributed by atoms with van der Waals surface area (Å²) in [5, 5.41) is 17.6. The SMILES string of the molecule is CC1=CC(c2cccc(NC(=O)NCCCN3CCC(c4ccccc4)CC3)c2)NC(=O)N1C(=O)O. The van der Waals surface area contributed by atoms with Gasteiger partial charge in [0.2, 0.25) is 0 Å². The molecule has 0 aromatic heterocycles. The van der Waals surface area contributed by atoms with Crippen LogP contribution in [-0.2, 0) is 0 Å². The van der Waals surface area contributed by atoms with Crippen LogP contribution in [0.3, 0.4) is 0 Å². The molecule has 2 aliphatic heterocycles. The molecule has 1 fully saturated rings. The van der Waals surface area contributed by atoms with Gasteiger partial charge in [-0.3, -0.25) is 0 Å². The molecule has 2 aromatic rings. The monoisotopic (exact) mass is 491 g/mol. The molecule has 2 aromatic carbocycles. The number of nitrogens with one attached hydrogen (secondary N) is 3. The summed E-state index contributed by atoms with van der Waals surface area (Å²) >= 11 is 0. The average molecular weight is 492 g/mol. The standard InChI is InChI=1S/C27H33N5O4/c1-19-17-24(30-26(34)32(19)27(35)36)22-9-5-10-23(18-22)29-25(33)28-13-6-14-31-15-11-21(12-16-31)20-7-3-2-4-8-20/h2-5,7-10,17-18,21,24H,6,11-16H2,1H3,(H,30,34)(H,35,36)(H2,28,29,33). The van der Waals surface area contributed by atoms with Gasteiger partial charge in [0.25, 0.3) is 0 Å². The highest BCUT2D eigenvalue weighted by molar-refractivity contribution is 5.93. The van der Waals surface area contributed by atoms with E-state index in [0.29, 0.717) is 28.7 Å². The van der Waals surface area contributed by atoms with Gasteiger partial charge in [0, 0.05) is 17.9 Å². The van der Waals surface area contributed by atoms with Crippen LogP contribution in [0.15, 0.2) is 66.4 Å². The van der Waals surface area contributed by atoms with Crippen molar-refractivity contribution < 1.29 is 19.5 Å². The van der Waals surface area contributed by atoms with Crippen molar-refractivity contribution in [2.24, 2.45) is 0 Å². The number of imide groups is 1. The van der Waals surface area contributed by atoms with E-state index in [-0.39, 0.29) is 6.03 Å². The number of carbonyl (C=O) groups is 3. The van der Waals surface area contributed by atoms with Crippen LogP contribution in [0, 0.1) is 0 Å². The lowest BCUT2D eigenvalue weighted by Gasteiger charge is -2.32. The topological polar surface area (TPSA) is 114 Å². The van der Waals surface area contributed by atoms with E-state index in [2.05, 4.69) is 51.2 Å². The van der Waals surface area contributed by atoms with Crippen molar-refractivity contribution in [2.45, 2.75) is 38.1 Å². The fourth-order valence-corrected chi connectivity index (χ4v) is 4.84. The fraction of sp³-hybridized carbons (Fsp3) is 0.370. The van der Waals surface area contributed by atoms with Crippen molar-refractivity contribution in [3.8, 4) is 0 Å². The highest BCUT2D eigenvalue weighted by Crippen LogP contribution is 2.28. The van der Waals surface area contributed by atoms with Crippen molar-refractivity contribution >= 4 is 23.8 Å². The van der Waals surface area contributed by atoms with Crippen LogP contribution in [0.2, 0.25) is 0 Å². The summed E-state index contributed by atoms with van der Waals surface area (Å²) in [5.74, 6) is 0.638. The highest BCUT2D eigenvalue weighted by atomic mass is 16.4. The van der Waals surface area contributed by atoms with Crippen molar-refractivity contribution in [3.05, 3.63) is 77.5 Å². The number of carboxylic acid groups (broad SMARTS) is 1. The largest absolute Gasteiger partial charge is 0.464 e. The van der Waals surface area contributed by atoms with Crippen molar-refractivity contribution in [1.29, 1.82) is 0 Å². The number of likely N-dealkylation sites (tertiary alicyclic amines) is 1. The van der Waals surface area contributed by atoms with E-state index in [1.807, 2.05) is 6.07 Å². The van der Waals surface area contributed by atoms with E-state index >= 15 is 0 Å². The lowest BCUT2D eigenvalue weighted by molar-refractivity contribution is 0.155. The summed E-state index contributed by atoms with van der Waals surface area (Å²) < 4.78 is 0.